The summed E-state index contributed by atoms with van der Waals surface area (Å²) in [6.45, 7) is -0.0252. The molecule has 0 aliphatic carbocycles. The molecule has 0 saturated heterocycles. The van der Waals surface area contributed by atoms with E-state index in [1.165, 1.54) is 15.7 Å². The number of thiazole rings is 1. The smallest absolute Gasteiger partial charge is 0.372 e. The Morgan fingerprint density at radius 1 is 1.41 bits per heavy atom. The Balaban J connectivity index is 1.98. The van der Waals surface area contributed by atoms with Crippen molar-refractivity contribution in [3.05, 3.63) is 57.6 Å². The Morgan fingerprint density at radius 3 is 2.86 bits per heavy atom. The fourth-order valence-corrected chi connectivity index (χ4v) is 3.06. The molecule has 0 aliphatic heterocycles. The van der Waals surface area contributed by atoms with Crippen molar-refractivity contribution in [3.63, 3.8) is 0 Å². The third-order valence-electron chi connectivity index (χ3n) is 3.34. The van der Waals surface area contributed by atoms with E-state index in [9.17, 15) is 15.2 Å². The highest BCUT2D eigenvalue weighted by Crippen LogP contribution is 2.31. The van der Waals surface area contributed by atoms with Crippen LogP contribution < -0.4 is 5.32 Å². The van der Waals surface area contributed by atoms with Crippen molar-refractivity contribution in [2.24, 2.45) is 0 Å². The largest absolute Gasteiger partial charge is 0.396 e. The Bertz CT molecular complexity index is 784. The maximum Gasteiger partial charge on any atom is 0.372 e. The number of benzene rings is 1. The first-order valence-electron chi connectivity index (χ1n) is 6.73. The van der Waals surface area contributed by atoms with Crippen molar-refractivity contribution in [1.29, 1.82) is 0 Å². The van der Waals surface area contributed by atoms with Crippen LogP contribution in [0.5, 0.6) is 0 Å². The molecule has 3 rings (SSSR count). The van der Waals surface area contributed by atoms with Crippen LogP contribution in [0.3, 0.4) is 0 Å². The summed E-state index contributed by atoms with van der Waals surface area (Å²) < 4.78 is 1.45. The Labute approximate surface area is 130 Å². The van der Waals surface area contributed by atoms with Crippen LogP contribution in [0.1, 0.15) is 18.0 Å². The molecular formula is C14H14N4O3S. The van der Waals surface area contributed by atoms with Gasteiger partial charge in [0.1, 0.15) is 6.20 Å². The molecule has 2 aromatic heterocycles. The zero-order valence-corrected chi connectivity index (χ0v) is 12.4. The molecule has 8 heteroatoms. The van der Waals surface area contributed by atoms with E-state index < -0.39 is 4.92 Å². The highest BCUT2D eigenvalue weighted by molar-refractivity contribution is 7.15. The zero-order chi connectivity index (χ0) is 15.5. The Kier molecular flexibility index (Phi) is 4.03. The molecule has 1 aromatic carbocycles. The summed E-state index contributed by atoms with van der Waals surface area (Å²) in [5, 5.41) is 25.4. The molecule has 0 aliphatic rings. The van der Waals surface area contributed by atoms with Gasteiger partial charge in [0, 0.05) is 12.0 Å². The minimum Gasteiger partial charge on any atom is -0.396 e. The number of anilines is 1. The minimum absolute atomic E-state index is 0.0252. The van der Waals surface area contributed by atoms with Crippen molar-refractivity contribution >= 4 is 27.9 Å². The van der Waals surface area contributed by atoms with Gasteiger partial charge in [-0.1, -0.05) is 41.7 Å². The van der Waals surface area contributed by atoms with Gasteiger partial charge in [-0.3, -0.25) is 0 Å². The first-order chi connectivity index (χ1) is 10.7. The lowest BCUT2D eigenvalue weighted by atomic mass is 10.0. The number of aliphatic hydroxyl groups excluding tert-OH is 1. The molecule has 0 saturated carbocycles. The van der Waals surface area contributed by atoms with E-state index in [0.29, 0.717) is 11.4 Å². The van der Waals surface area contributed by atoms with Crippen molar-refractivity contribution in [2.45, 2.75) is 12.5 Å². The number of nitrogens with one attached hydrogen (secondary N) is 1. The van der Waals surface area contributed by atoms with Crippen LogP contribution in [0.15, 0.2) is 41.9 Å². The molecule has 0 fully saturated rings. The fraction of sp³-hybridized carbons (Fsp3) is 0.214. The molecule has 2 N–H and O–H groups in total. The number of aliphatic hydroxyl groups is 1. The van der Waals surface area contributed by atoms with Crippen LogP contribution in [0, 0.1) is 10.1 Å². The van der Waals surface area contributed by atoms with Crippen molar-refractivity contribution in [1.82, 2.24) is 9.38 Å². The lowest BCUT2D eigenvalue weighted by molar-refractivity contribution is -0.389. The van der Waals surface area contributed by atoms with E-state index in [2.05, 4.69) is 10.3 Å². The second-order valence-electron chi connectivity index (χ2n) is 4.72. The van der Waals surface area contributed by atoms with Crippen LogP contribution in [-0.4, -0.2) is 26.0 Å². The summed E-state index contributed by atoms with van der Waals surface area (Å²) >= 11 is 1.33. The van der Waals surface area contributed by atoms with Gasteiger partial charge in [0.15, 0.2) is 0 Å². The summed E-state index contributed by atoms with van der Waals surface area (Å²) in [6, 6.07) is 9.27. The lowest BCUT2D eigenvalue weighted by Gasteiger charge is -2.17. The molecule has 0 bridgehead atoms. The summed E-state index contributed by atoms with van der Waals surface area (Å²) in [6.07, 6.45) is 2.06. The van der Waals surface area contributed by atoms with Crippen LogP contribution >= 0.6 is 11.3 Å². The van der Waals surface area contributed by atoms with Gasteiger partial charge < -0.3 is 20.5 Å². The SMILES string of the molecule is O=[N+]([O-])c1c(N[C@@H](CCO)c2ccccc2)nc2sccn12. The number of aromatic nitrogens is 2. The number of nitrogens with zero attached hydrogens (tertiary/aromatic N) is 3. The van der Waals surface area contributed by atoms with Gasteiger partial charge in [-0.25, -0.2) is 0 Å². The average molecular weight is 318 g/mol. The standard InChI is InChI=1S/C14H14N4O3S/c19-8-6-11(10-4-2-1-3-5-10)15-12-13(18(20)21)17-7-9-22-14(17)16-12/h1-5,7,9,11,15,19H,6,8H2/t11-/m0/s1. The van der Waals surface area contributed by atoms with Crippen LogP contribution in [0.2, 0.25) is 0 Å². The molecule has 3 aromatic rings. The molecule has 7 nitrogen and oxygen atoms in total. The van der Waals surface area contributed by atoms with Crippen molar-refractivity contribution in [2.75, 3.05) is 11.9 Å². The number of nitro groups is 1. The molecule has 0 amide bonds. The molecule has 114 valence electrons. The van der Waals surface area contributed by atoms with E-state index in [-0.39, 0.29) is 24.3 Å². The molecule has 2 heterocycles. The van der Waals surface area contributed by atoms with E-state index in [4.69, 9.17) is 0 Å². The van der Waals surface area contributed by atoms with Gasteiger partial charge in [0.25, 0.3) is 4.96 Å². The number of hydrogen-bond donors (Lipinski definition) is 2. The Morgan fingerprint density at radius 2 is 2.18 bits per heavy atom. The van der Waals surface area contributed by atoms with Gasteiger partial charge in [0.05, 0.1) is 6.04 Å². The van der Waals surface area contributed by atoms with Crippen LogP contribution in [0.25, 0.3) is 4.96 Å². The zero-order valence-electron chi connectivity index (χ0n) is 11.5. The third-order valence-corrected chi connectivity index (χ3v) is 4.10. The van der Waals surface area contributed by atoms with Gasteiger partial charge in [-0.2, -0.15) is 9.38 Å². The molecule has 1 atom stereocenters. The topological polar surface area (TPSA) is 92.7 Å². The predicted octanol–water partition coefficient (Wildman–Crippen LogP) is 2.84. The summed E-state index contributed by atoms with van der Waals surface area (Å²) in [7, 11) is 0. The molecule has 0 radical (unpaired) electrons. The van der Waals surface area contributed by atoms with Gasteiger partial charge in [0.2, 0.25) is 5.82 Å². The quantitative estimate of drug-likeness (QED) is 0.538. The van der Waals surface area contributed by atoms with Crippen LogP contribution in [0.4, 0.5) is 11.6 Å². The normalized spacial score (nSPS) is 12.4. The molecular weight excluding hydrogens is 304 g/mol. The van der Waals surface area contributed by atoms with E-state index in [0.717, 1.165) is 5.56 Å². The highest BCUT2D eigenvalue weighted by atomic mass is 32.1. The maximum absolute atomic E-state index is 11.3. The van der Waals surface area contributed by atoms with E-state index in [1.54, 1.807) is 11.6 Å². The summed E-state index contributed by atoms with van der Waals surface area (Å²) in [4.78, 5) is 15.7. The van der Waals surface area contributed by atoms with Crippen molar-refractivity contribution < 1.29 is 10.0 Å². The van der Waals surface area contributed by atoms with Gasteiger partial charge >= 0.3 is 5.82 Å². The first kappa shape index (κ1) is 14.5. The molecule has 0 unspecified atom stereocenters. The lowest BCUT2D eigenvalue weighted by Crippen LogP contribution is -2.13. The summed E-state index contributed by atoms with van der Waals surface area (Å²) in [5.74, 6) is 0.134. The predicted molar refractivity (Wildman–Crippen MR) is 84.2 cm³/mol. The fourth-order valence-electron chi connectivity index (χ4n) is 2.35. The number of rotatable bonds is 6. The van der Waals surface area contributed by atoms with E-state index in [1.807, 2.05) is 30.3 Å². The average Bonchev–Trinajstić information content (AvgIpc) is 3.07. The number of imidazole rings is 1. The minimum atomic E-state index is -0.448. The van der Waals surface area contributed by atoms with Crippen LogP contribution in [-0.2, 0) is 0 Å². The second kappa shape index (κ2) is 6.12. The van der Waals surface area contributed by atoms with Gasteiger partial charge in [-0.15, -0.1) is 0 Å². The second-order valence-corrected chi connectivity index (χ2v) is 5.59. The third kappa shape index (κ3) is 2.66. The first-order valence-corrected chi connectivity index (χ1v) is 7.61. The van der Waals surface area contributed by atoms with E-state index >= 15 is 0 Å². The molecule has 22 heavy (non-hydrogen) atoms. The monoisotopic (exact) mass is 318 g/mol. The maximum atomic E-state index is 11.3. The highest BCUT2D eigenvalue weighted by Gasteiger charge is 2.25. The molecule has 0 spiro atoms. The Hall–Kier alpha value is -2.45. The summed E-state index contributed by atoms with van der Waals surface area (Å²) in [5.41, 5.74) is 0.946. The van der Waals surface area contributed by atoms with Gasteiger partial charge in [-0.05, 0) is 16.9 Å². The van der Waals surface area contributed by atoms with Crippen molar-refractivity contribution in [3.8, 4) is 0 Å². The number of fused-ring (bicyclic) bond motifs is 1. The number of hydrogen-bond acceptors (Lipinski definition) is 6.